The highest BCUT2D eigenvalue weighted by atomic mass is 35.5. The summed E-state index contributed by atoms with van der Waals surface area (Å²) in [6, 6.07) is 4.89. The molecular weight excluding hydrogens is 540 g/mol. The number of hydrogen-bond donors (Lipinski definition) is 2. The smallest absolute Gasteiger partial charge is 0.332 e. The molecule has 14 heteroatoms. The van der Waals surface area contributed by atoms with Crippen molar-refractivity contribution in [2.75, 3.05) is 27.9 Å². The first-order valence-electron chi connectivity index (χ1n) is 11.6. The van der Waals surface area contributed by atoms with E-state index in [1.54, 1.807) is 0 Å². The zero-order valence-electron chi connectivity index (χ0n) is 21.4. The van der Waals surface area contributed by atoms with E-state index in [0.29, 0.717) is 12.2 Å². The quantitative estimate of drug-likeness (QED) is 0.301. The Balaban J connectivity index is 1.86. The summed E-state index contributed by atoms with van der Waals surface area (Å²) in [5.74, 6) is -2.06. The number of methoxy groups -OCH3 is 2. The number of carbonyl (C=O) groups is 1. The van der Waals surface area contributed by atoms with Gasteiger partial charge in [0.15, 0.2) is 35.4 Å². The molecule has 0 aliphatic rings. The molecule has 206 valence electrons. The van der Waals surface area contributed by atoms with Crippen molar-refractivity contribution in [3.63, 3.8) is 0 Å². The average Bonchev–Trinajstić information content (AvgIpc) is 3.27. The first kappa shape index (κ1) is 27.6. The molecule has 4 rings (SSSR count). The van der Waals surface area contributed by atoms with Gasteiger partial charge in [-0.1, -0.05) is 18.5 Å². The lowest BCUT2D eigenvalue weighted by Crippen LogP contribution is -2.25. The number of ether oxygens (including phenoxy) is 4. The number of aromatic amines is 1. The van der Waals surface area contributed by atoms with E-state index >= 15 is 0 Å². The minimum absolute atomic E-state index is 0.0115. The molecule has 0 aliphatic carbocycles. The first-order valence-corrected chi connectivity index (χ1v) is 12.0. The molecule has 1 amide bonds. The van der Waals surface area contributed by atoms with Crippen LogP contribution in [0.5, 0.6) is 23.1 Å². The van der Waals surface area contributed by atoms with E-state index in [-0.39, 0.29) is 50.6 Å². The molecule has 0 saturated carbocycles. The number of rotatable bonds is 10. The maximum absolute atomic E-state index is 14.6. The number of carbonyl (C=O) groups excluding carboxylic acids is 1. The highest BCUT2D eigenvalue weighted by Gasteiger charge is 2.22. The molecule has 2 aromatic heterocycles. The predicted molar refractivity (Wildman–Crippen MR) is 137 cm³/mol. The van der Waals surface area contributed by atoms with Gasteiger partial charge in [0.05, 0.1) is 30.5 Å². The lowest BCUT2D eigenvalue weighted by Gasteiger charge is -2.17. The summed E-state index contributed by atoms with van der Waals surface area (Å²) in [4.78, 5) is 36.2. The maximum atomic E-state index is 14.6. The molecule has 0 saturated heterocycles. The van der Waals surface area contributed by atoms with Crippen LogP contribution in [0, 0.1) is 11.6 Å². The largest absolute Gasteiger partial charge is 0.496 e. The molecule has 4 aromatic rings. The van der Waals surface area contributed by atoms with Gasteiger partial charge in [-0.2, -0.15) is 4.98 Å². The van der Waals surface area contributed by atoms with Crippen LogP contribution >= 0.6 is 11.6 Å². The number of H-pyrrole nitrogens is 1. The van der Waals surface area contributed by atoms with Crippen LogP contribution in [0.1, 0.15) is 18.3 Å². The van der Waals surface area contributed by atoms with Crippen LogP contribution in [0.15, 0.2) is 29.1 Å². The summed E-state index contributed by atoms with van der Waals surface area (Å²) in [5.41, 5.74) is -0.237. The maximum Gasteiger partial charge on any atom is 0.332 e. The fraction of sp³-hybridized carbons (Fsp3) is 0.280. The molecular formula is C25H24ClF2N5O6. The number of imidazole rings is 1. The number of nitrogens with one attached hydrogen (secondary N) is 2. The molecule has 2 N–H and O–H groups in total. The summed E-state index contributed by atoms with van der Waals surface area (Å²) in [5, 5.41) is 2.46. The second-order valence-corrected chi connectivity index (χ2v) is 8.42. The van der Waals surface area contributed by atoms with Gasteiger partial charge in [-0.25, -0.2) is 23.1 Å². The Kier molecular flexibility index (Phi) is 8.19. The normalized spacial score (nSPS) is 10.9. The second kappa shape index (κ2) is 11.6. The van der Waals surface area contributed by atoms with Crippen molar-refractivity contribution in [1.82, 2.24) is 24.8 Å². The molecule has 0 unspecified atom stereocenters. The van der Waals surface area contributed by atoms with E-state index in [2.05, 4.69) is 20.3 Å². The minimum atomic E-state index is -1.15. The molecule has 0 bridgehead atoms. The SMILES string of the molecule is CCc1nc(OC)c2[nH]c(=O)n(-c3cc(OCc4c(OC)ccc(F)c4F)c(OCC(=O)NC)cc3Cl)c2n1. The molecule has 0 aliphatic heterocycles. The van der Waals surface area contributed by atoms with Crippen LogP contribution in [0.3, 0.4) is 0 Å². The number of benzene rings is 2. The zero-order valence-corrected chi connectivity index (χ0v) is 22.1. The van der Waals surface area contributed by atoms with E-state index < -0.39 is 36.4 Å². The fourth-order valence-corrected chi connectivity index (χ4v) is 3.96. The van der Waals surface area contributed by atoms with Crippen LogP contribution in [-0.2, 0) is 17.8 Å². The van der Waals surface area contributed by atoms with E-state index in [9.17, 15) is 18.4 Å². The zero-order chi connectivity index (χ0) is 28.3. The topological polar surface area (TPSA) is 130 Å². The van der Waals surface area contributed by atoms with E-state index in [0.717, 1.165) is 6.07 Å². The number of fused-ring (bicyclic) bond motifs is 1. The lowest BCUT2D eigenvalue weighted by molar-refractivity contribution is -0.122. The average molecular weight is 564 g/mol. The Labute approximate surface area is 225 Å². The standard InChI is InChI=1S/C25H24ClF2N5O6/c1-5-19-30-23-22(24(31-19)37-4)32-25(35)33(23)15-9-18(17(8-13(15)26)39-11-20(34)29-2)38-10-12-16(36-3)7-6-14(27)21(12)28/h6-9H,5,10-11H2,1-4H3,(H,29,34)(H,32,35). The summed E-state index contributed by atoms with van der Waals surface area (Å²) >= 11 is 6.56. The Morgan fingerprint density at radius 1 is 1.10 bits per heavy atom. The van der Waals surface area contributed by atoms with Crippen LogP contribution in [0.2, 0.25) is 5.02 Å². The van der Waals surface area contributed by atoms with E-state index in [1.165, 1.54) is 44.0 Å². The van der Waals surface area contributed by atoms with Crippen molar-refractivity contribution < 1.29 is 32.5 Å². The predicted octanol–water partition coefficient (Wildman–Crippen LogP) is 3.32. The molecule has 0 spiro atoms. The third kappa shape index (κ3) is 5.43. The second-order valence-electron chi connectivity index (χ2n) is 8.01. The van der Waals surface area contributed by atoms with Crippen molar-refractivity contribution in [1.29, 1.82) is 0 Å². The Morgan fingerprint density at radius 2 is 1.85 bits per heavy atom. The van der Waals surface area contributed by atoms with Gasteiger partial charge < -0.3 is 24.3 Å². The van der Waals surface area contributed by atoms with Crippen molar-refractivity contribution >= 4 is 28.7 Å². The lowest BCUT2D eigenvalue weighted by atomic mass is 10.2. The fourth-order valence-electron chi connectivity index (χ4n) is 3.72. The molecule has 2 heterocycles. The van der Waals surface area contributed by atoms with Crippen molar-refractivity contribution in [3.8, 4) is 28.8 Å². The van der Waals surface area contributed by atoms with Gasteiger partial charge in [0.1, 0.15) is 23.7 Å². The number of nitrogens with zero attached hydrogens (tertiary/aromatic N) is 3. The number of aryl methyl sites for hydroxylation is 1. The van der Waals surface area contributed by atoms with Gasteiger partial charge >= 0.3 is 5.69 Å². The van der Waals surface area contributed by atoms with Crippen LogP contribution in [-0.4, -0.2) is 53.3 Å². The summed E-state index contributed by atoms with van der Waals surface area (Å²) in [6.07, 6.45) is 0.459. The first-order chi connectivity index (χ1) is 18.7. The summed E-state index contributed by atoms with van der Waals surface area (Å²) in [6.45, 7) is 0.966. The number of hydrogen-bond acceptors (Lipinski definition) is 8. The minimum Gasteiger partial charge on any atom is -0.496 e. The van der Waals surface area contributed by atoms with Gasteiger partial charge in [0.2, 0.25) is 5.88 Å². The third-order valence-corrected chi connectivity index (χ3v) is 6.00. The summed E-state index contributed by atoms with van der Waals surface area (Å²) in [7, 11) is 4.15. The highest BCUT2D eigenvalue weighted by Crippen LogP contribution is 2.37. The number of aromatic nitrogens is 4. The van der Waals surface area contributed by atoms with Gasteiger partial charge in [0.25, 0.3) is 5.91 Å². The van der Waals surface area contributed by atoms with Crippen LogP contribution < -0.4 is 30.0 Å². The molecule has 11 nitrogen and oxygen atoms in total. The highest BCUT2D eigenvalue weighted by molar-refractivity contribution is 6.32. The molecule has 0 fully saturated rings. The number of likely N-dealkylation sites (N-methyl/N-ethyl adjacent to an activating group) is 1. The third-order valence-electron chi connectivity index (χ3n) is 5.70. The Hall–Kier alpha value is -4.39. The summed E-state index contributed by atoms with van der Waals surface area (Å²) < 4.78 is 51.5. The van der Waals surface area contributed by atoms with Crippen LogP contribution in [0.25, 0.3) is 16.9 Å². The monoisotopic (exact) mass is 563 g/mol. The molecule has 0 radical (unpaired) electrons. The van der Waals surface area contributed by atoms with Crippen molar-refractivity contribution in [2.24, 2.45) is 0 Å². The Morgan fingerprint density at radius 3 is 2.51 bits per heavy atom. The van der Waals surface area contributed by atoms with E-state index in [1.807, 2.05) is 6.92 Å². The van der Waals surface area contributed by atoms with Crippen LogP contribution in [0.4, 0.5) is 8.78 Å². The van der Waals surface area contributed by atoms with E-state index in [4.69, 9.17) is 30.5 Å². The molecule has 0 atom stereocenters. The van der Waals surface area contributed by atoms with Crippen molar-refractivity contribution in [3.05, 3.63) is 62.8 Å². The molecule has 2 aromatic carbocycles. The molecule has 39 heavy (non-hydrogen) atoms. The van der Waals surface area contributed by atoms with Gasteiger partial charge in [-0.15, -0.1) is 0 Å². The van der Waals surface area contributed by atoms with Gasteiger partial charge in [-0.05, 0) is 12.1 Å². The number of amides is 1. The van der Waals surface area contributed by atoms with Gasteiger partial charge in [-0.3, -0.25) is 9.78 Å². The number of halogens is 3. The van der Waals surface area contributed by atoms with Gasteiger partial charge in [0, 0.05) is 25.6 Å². The Bertz CT molecular complexity index is 1610. The van der Waals surface area contributed by atoms with Crippen molar-refractivity contribution in [2.45, 2.75) is 20.0 Å².